The number of hydrogen-bond acceptors (Lipinski definition) is 1. The quantitative estimate of drug-likeness (QED) is 0.682. The van der Waals surface area contributed by atoms with Crippen molar-refractivity contribution in [1.82, 2.24) is 0 Å². The van der Waals surface area contributed by atoms with Gasteiger partial charge in [0.05, 0.1) is 5.60 Å². The highest BCUT2D eigenvalue weighted by Crippen LogP contribution is 2.23. The molecule has 0 aliphatic rings. The zero-order valence-electron chi connectivity index (χ0n) is 7.56. The van der Waals surface area contributed by atoms with E-state index in [1.807, 2.05) is 6.92 Å². The normalized spacial score (nSPS) is 11.8. The Morgan fingerprint density at radius 1 is 1.33 bits per heavy atom. The Bertz CT molecular complexity index is 286. The van der Waals surface area contributed by atoms with Crippen molar-refractivity contribution in [2.75, 3.05) is 0 Å². The number of rotatable bonds is 1. The molecule has 0 aliphatic heterocycles. The lowest BCUT2D eigenvalue weighted by molar-refractivity contribution is 0.0745. The van der Waals surface area contributed by atoms with Gasteiger partial charge in [-0.2, -0.15) is 0 Å². The molecule has 2 heteroatoms. The zero-order chi connectivity index (χ0) is 9.35. The molecule has 0 radical (unpaired) electrons. The molecule has 1 aromatic rings. The van der Waals surface area contributed by atoms with Gasteiger partial charge in [0, 0.05) is 5.56 Å². The van der Waals surface area contributed by atoms with Crippen LogP contribution in [0.4, 0.5) is 4.39 Å². The van der Waals surface area contributed by atoms with E-state index in [4.69, 9.17) is 0 Å². The van der Waals surface area contributed by atoms with Crippen LogP contribution in [0.15, 0.2) is 18.2 Å². The summed E-state index contributed by atoms with van der Waals surface area (Å²) in [5.74, 6) is -0.354. The molecular formula is C10H13FO. The van der Waals surface area contributed by atoms with Gasteiger partial charge in [0.2, 0.25) is 0 Å². The van der Waals surface area contributed by atoms with Gasteiger partial charge < -0.3 is 5.11 Å². The predicted octanol–water partition coefficient (Wildman–Crippen LogP) is 2.36. The van der Waals surface area contributed by atoms with Gasteiger partial charge in [-0.05, 0) is 26.8 Å². The average Bonchev–Trinajstić information content (AvgIpc) is 1.92. The SMILES string of the molecule is Cc1ccc(F)c(C(C)(C)O)c1. The summed E-state index contributed by atoms with van der Waals surface area (Å²) in [6, 6.07) is 4.72. The van der Waals surface area contributed by atoms with Crippen molar-refractivity contribution in [3.05, 3.63) is 35.1 Å². The van der Waals surface area contributed by atoms with Crippen LogP contribution in [-0.2, 0) is 5.60 Å². The van der Waals surface area contributed by atoms with E-state index in [0.29, 0.717) is 5.56 Å². The van der Waals surface area contributed by atoms with Crippen LogP contribution < -0.4 is 0 Å². The molecule has 0 fully saturated rings. The van der Waals surface area contributed by atoms with Gasteiger partial charge >= 0.3 is 0 Å². The largest absolute Gasteiger partial charge is 0.386 e. The molecule has 0 saturated carbocycles. The summed E-state index contributed by atoms with van der Waals surface area (Å²) in [6.45, 7) is 5.02. The number of hydrogen-bond donors (Lipinski definition) is 1. The molecule has 0 heterocycles. The minimum atomic E-state index is -1.10. The first-order chi connectivity index (χ1) is 5.41. The molecule has 0 atom stereocenters. The second kappa shape index (κ2) is 2.87. The molecule has 0 unspecified atom stereocenters. The Morgan fingerprint density at radius 2 is 1.92 bits per heavy atom. The maximum Gasteiger partial charge on any atom is 0.129 e. The summed E-state index contributed by atoms with van der Waals surface area (Å²) in [7, 11) is 0. The Labute approximate surface area is 71.9 Å². The Morgan fingerprint density at radius 3 is 2.33 bits per heavy atom. The Balaban J connectivity index is 3.23. The third-order valence-corrected chi connectivity index (χ3v) is 1.78. The molecule has 12 heavy (non-hydrogen) atoms. The zero-order valence-corrected chi connectivity index (χ0v) is 7.56. The van der Waals surface area contributed by atoms with E-state index in [-0.39, 0.29) is 5.82 Å². The third kappa shape index (κ3) is 1.83. The van der Waals surface area contributed by atoms with Crippen molar-refractivity contribution in [3.63, 3.8) is 0 Å². The molecule has 0 saturated heterocycles. The average molecular weight is 168 g/mol. The molecule has 0 spiro atoms. The molecular weight excluding hydrogens is 155 g/mol. The summed E-state index contributed by atoms with van der Waals surface area (Å²) < 4.78 is 13.1. The van der Waals surface area contributed by atoms with Gasteiger partial charge in [0.1, 0.15) is 5.82 Å². The Kier molecular flexibility index (Phi) is 2.20. The fraction of sp³-hybridized carbons (Fsp3) is 0.400. The third-order valence-electron chi connectivity index (χ3n) is 1.78. The minimum Gasteiger partial charge on any atom is -0.386 e. The van der Waals surface area contributed by atoms with Crippen molar-refractivity contribution in [2.24, 2.45) is 0 Å². The van der Waals surface area contributed by atoms with E-state index in [1.54, 1.807) is 26.0 Å². The molecule has 66 valence electrons. The maximum absolute atomic E-state index is 13.1. The molecule has 0 amide bonds. The van der Waals surface area contributed by atoms with Crippen LogP contribution in [0.2, 0.25) is 0 Å². The fourth-order valence-electron chi connectivity index (χ4n) is 1.11. The summed E-state index contributed by atoms with van der Waals surface area (Å²) >= 11 is 0. The Hall–Kier alpha value is -0.890. The second-order valence-electron chi connectivity index (χ2n) is 3.54. The van der Waals surface area contributed by atoms with Crippen LogP contribution in [0, 0.1) is 12.7 Å². The standard InChI is InChI=1S/C10H13FO/c1-7-4-5-9(11)8(6-7)10(2,3)12/h4-6,12H,1-3H3. The van der Waals surface area contributed by atoms with E-state index in [9.17, 15) is 9.50 Å². The number of aliphatic hydroxyl groups is 1. The highest BCUT2D eigenvalue weighted by molar-refractivity contribution is 5.27. The van der Waals surface area contributed by atoms with Crippen LogP contribution in [0.5, 0.6) is 0 Å². The van der Waals surface area contributed by atoms with Crippen LogP contribution in [-0.4, -0.2) is 5.11 Å². The molecule has 1 N–H and O–H groups in total. The first-order valence-electron chi connectivity index (χ1n) is 3.90. The van der Waals surface area contributed by atoms with E-state index >= 15 is 0 Å². The van der Waals surface area contributed by atoms with Gasteiger partial charge in [-0.3, -0.25) is 0 Å². The lowest BCUT2D eigenvalue weighted by Crippen LogP contribution is -2.17. The number of aryl methyl sites for hydroxylation is 1. The highest BCUT2D eigenvalue weighted by atomic mass is 19.1. The van der Waals surface area contributed by atoms with Crippen molar-refractivity contribution in [3.8, 4) is 0 Å². The van der Waals surface area contributed by atoms with E-state index in [2.05, 4.69) is 0 Å². The smallest absolute Gasteiger partial charge is 0.129 e. The van der Waals surface area contributed by atoms with Crippen LogP contribution in [0.3, 0.4) is 0 Å². The summed E-state index contributed by atoms with van der Waals surface area (Å²) in [6.07, 6.45) is 0. The van der Waals surface area contributed by atoms with Crippen LogP contribution in [0.1, 0.15) is 25.0 Å². The fourth-order valence-corrected chi connectivity index (χ4v) is 1.11. The molecule has 1 aromatic carbocycles. The van der Waals surface area contributed by atoms with Gasteiger partial charge in [-0.1, -0.05) is 17.7 Å². The van der Waals surface area contributed by atoms with Crippen LogP contribution in [0.25, 0.3) is 0 Å². The van der Waals surface area contributed by atoms with Gasteiger partial charge in [-0.25, -0.2) is 4.39 Å². The number of halogens is 1. The summed E-state index contributed by atoms with van der Waals surface area (Å²) in [4.78, 5) is 0. The molecule has 1 nitrogen and oxygen atoms in total. The van der Waals surface area contributed by atoms with E-state index in [1.165, 1.54) is 6.07 Å². The van der Waals surface area contributed by atoms with Gasteiger partial charge in [0.15, 0.2) is 0 Å². The first-order valence-corrected chi connectivity index (χ1v) is 3.90. The van der Waals surface area contributed by atoms with Gasteiger partial charge in [0.25, 0.3) is 0 Å². The number of benzene rings is 1. The van der Waals surface area contributed by atoms with E-state index < -0.39 is 5.60 Å². The van der Waals surface area contributed by atoms with Crippen molar-refractivity contribution in [1.29, 1.82) is 0 Å². The summed E-state index contributed by atoms with van der Waals surface area (Å²) in [5, 5.41) is 9.55. The lowest BCUT2D eigenvalue weighted by atomic mass is 9.96. The van der Waals surface area contributed by atoms with Crippen LogP contribution >= 0.6 is 0 Å². The van der Waals surface area contributed by atoms with Crippen molar-refractivity contribution in [2.45, 2.75) is 26.4 Å². The highest BCUT2D eigenvalue weighted by Gasteiger charge is 2.19. The predicted molar refractivity (Wildman–Crippen MR) is 46.4 cm³/mol. The van der Waals surface area contributed by atoms with Gasteiger partial charge in [-0.15, -0.1) is 0 Å². The minimum absolute atomic E-state index is 0.350. The summed E-state index contributed by atoms with van der Waals surface area (Å²) in [5.41, 5.74) is 0.201. The topological polar surface area (TPSA) is 20.2 Å². The van der Waals surface area contributed by atoms with Crippen molar-refractivity contribution >= 4 is 0 Å². The maximum atomic E-state index is 13.1. The van der Waals surface area contributed by atoms with Crippen molar-refractivity contribution < 1.29 is 9.50 Å². The molecule has 0 aliphatic carbocycles. The monoisotopic (exact) mass is 168 g/mol. The first kappa shape index (κ1) is 9.20. The molecule has 0 aromatic heterocycles. The molecule has 1 rings (SSSR count). The second-order valence-corrected chi connectivity index (χ2v) is 3.54. The molecule has 0 bridgehead atoms. The van der Waals surface area contributed by atoms with E-state index in [0.717, 1.165) is 5.56 Å². The lowest BCUT2D eigenvalue weighted by Gasteiger charge is -2.18.